The van der Waals surface area contributed by atoms with E-state index in [4.69, 9.17) is 0 Å². The van der Waals surface area contributed by atoms with Crippen molar-refractivity contribution in [2.75, 3.05) is 6.54 Å². The van der Waals surface area contributed by atoms with Crippen LogP contribution in [0.1, 0.15) is 38.4 Å². The van der Waals surface area contributed by atoms with Gasteiger partial charge in [-0.25, -0.2) is 14.4 Å². The first-order valence-electron chi connectivity index (χ1n) is 10.2. The van der Waals surface area contributed by atoms with E-state index in [9.17, 15) is 9.18 Å². The molecule has 1 aliphatic heterocycles. The summed E-state index contributed by atoms with van der Waals surface area (Å²) in [5.74, 6) is -0.377. The maximum absolute atomic E-state index is 14.5. The lowest BCUT2D eigenvalue weighted by Gasteiger charge is -2.37. The number of piperidine rings is 1. The van der Waals surface area contributed by atoms with E-state index < -0.39 is 0 Å². The molecule has 1 aromatic carbocycles. The van der Waals surface area contributed by atoms with Crippen molar-refractivity contribution in [3.63, 3.8) is 0 Å². The zero-order valence-electron chi connectivity index (χ0n) is 17.3. The van der Waals surface area contributed by atoms with Crippen molar-refractivity contribution in [3.8, 4) is 11.1 Å². The second-order valence-corrected chi connectivity index (χ2v) is 8.84. The van der Waals surface area contributed by atoms with E-state index >= 15 is 0 Å². The number of aromatic nitrogens is 4. The van der Waals surface area contributed by atoms with Crippen molar-refractivity contribution in [1.82, 2.24) is 24.3 Å². The van der Waals surface area contributed by atoms with Gasteiger partial charge in [0.2, 0.25) is 0 Å². The minimum Gasteiger partial charge on any atom is -0.312 e. The summed E-state index contributed by atoms with van der Waals surface area (Å²) in [6.07, 6.45) is 7.07. The highest BCUT2D eigenvalue weighted by Crippen LogP contribution is 2.28. The summed E-state index contributed by atoms with van der Waals surface area (Å²) in [6, 6.07) is 7.10. The molecule has 4 heterocycles. The molecule has 1 fully saturated rings. The second-order valence-electron chi connectivity index (χ2n) is 8.84. The van der Waals surface area contributed by atoms with Gasteiger partial charge in [0.05, 0.1) is 22.9 Å². The molecule has 6 nitrogen and oxygen atoms in total. The molecular weight excluding hydrogens is 381 g/mol. The molecule has 0 amide bonds. The predicted octanol–water partition coefficient (Wildman–Crippen LogP) is 3.86. The zero-order valence-corrected chi connectivity index (χ0v) is 17.3. The Morgan fingerprint density at radius 3 is 2.83 bits per heavy atom. The number of aryl methyl sites for hydroxylation is 1. The molecule has 4 aromatic rings. The highest BCUT2D eigenvalue weighted by atomic mass is 19.1. The van der Waals surface area contributed by atoms with Crippen LogP contribution < -0.4 is 10.9 Å². The molecule has 30 heavy (non-hydrogen) atoms. The SMILES string of the molecule is Cc1cn2cc(-c3ccc4c(=O)n(C5CCNC(C)(C)C5)cnc4c3)cc(F)c2n1. The number of imidazole rings is 1. The highest BCUT2D eigenvalue weighted by Gasteiger charge is 2.29. The molecule has 7 heteroatoms. The van der Waals surface area contributed by atoms with E-state index in [1.54, 1.807) is 27.6 Å². The number of hydrogen-bond acceptors (Lipinski definition) is 4. The summed E-state index contributed by atoms with van der Waals surface area (Å²) in [4.78, 5) is 21.9. The Bertz CT molecular complexity index is 1340. The fourth-order valence-corrected chi connectivity index (χ4v) is 4.49. The molecule has 1 N–H and O–H groups in total. The van der Waals surface area contributed by atoms with E-state index in [0.29, 0.717) is 22.1 Å². The fourth-order valence-electron chi connectivity index (χ4n) is 4.49. The van der Waals surface area contributed by atoms with Crippen molar-refractivity contribution >= 4 is 16.6 Å². The van der Waals surface area contributed by atoms with Crippen LogP contribution in [0.15, 0.2) is 47.8 Å². The van der Waals surface area contributed by atoms with Gasteiger partial charge in [0.1, 0.15) is 0 Å². The van der Waals surface area contributed by atoms with Crippen molar-refractivity contribution in [3.05, 3.63) is 64.9 Å². The van der Waals surface area contributed by atoms with Gasteiger partial charge < -0.3 is 9.72 Å². The van der Waals surface area contributed by atoms with Crippen LogP contribution >= 0.6 is 0 Å². The van der Waals surface area contributed by atoms with Gasteiger partial charge >= 0.3 is 0 Å². The summed E-state index contributed by atoms with van der Waals surface area (Å²) in [5, 5.41) is 4.07. The average molecular weight is 405 g/mol. The van der Waals surface area contributed by atoms with Crippen LogP contribution in [0.4, 0.5) is 4.39 Å². The molecule has 1 atom stereocenters. The van der Waals surface area contributed by atoms with Gasteiger partial charge in [-0.1, -0.05) is 6.07 Å². The highest BCUT2D eigenvalue weighted by molar-refractivity contribution is 5.83. The van der Waals surface area contributed by atoms with Crippen LogP contribution in [0.2, 0.25) is 0 Å². The lowest BCUT2D eigenvalue weighted by molar-refractivity contribution is 0.228. The number of fused-ring (bicyclic) bond motifs is 2. The maximum Gasteiger partial charge on any atom is 0.261 e. The van der Waals surface area contributed by atoms with Crippen LogP contribution in [-0.2, 0) is 0 Å². The van der Waals surface area contributed by atoms with Gasteiger partial charge in [-0.15, -0.1) is 0 Å². The number of rotatable bonds is 2. The van der Waals surface area contributed by atoms with Crippen molar-refractivity contribution < 1.29 is 4.39 Å². The second kappa shape index (κ2) is 6.74. The monoisotopic (exact) mass is 405 g/mol. The molecule has 1 aliphatic rings. The Kier molecular flexibility index (Phi) is 4.25. The number of hydrogen-bond donors (Lipinski definition) is 1. The Labute approximate surface area is 173 Å². The van der Waals surface area contributed by atoms with Crippen LogP contribution in [-0.4, -0.2) is 31.0 Å². The van der Waals surface area contributed by atoms with Gasteiger partial charge in [0, 0.05) is 29.5 Å². The first-order valence-corrected chi connectivity index (χ1v) is 10.2. The lowest BCUT2D eigenvalue weighted by Crippen LogP contribution is -2.47. The smallest absolute Gasteiger partial charge is 0.261 e. The van der Waals surface area contributed by atoms with E-state index in [0.717, 1.165) is 30.6 Å². The topological polar surface area (TPSA) is 64.2 Å². The van der Waals surface area contributed by atoms with Gasteiger partial charge in [0.15, 0.2) is 11.5 Å². The molecule has 1 saturated heterocycles. The Morgan fingerprint density at radius 1 is 1.20 bits per heavy atom. The van der Waals surface area contributed by atoms with E-state index in [2.05, 4.69) is 29.1 Å². The van der Waals surface area contributed by atoms with Crippen LogP contribution in [0.5, 0.6) is 0 Å². The summed E-state index contributed by atoms with van der Waals surface area (Å²) in [7, 11) is 0. The number of halogens is 1. The third-order valence-electron chi connectivity index (χ3n) is 5.96. The number of benzene rings is 1. The fraction of sp³-hybridized carbons (Fsp3) is 0.348. The molecule has 0 radical (unpaired) electrons. The molecule has 0 bridgehead atoms. The molecule has 154 valence electrons. The summed E-state index contributed by atoms with van der Waals surface area (Å²) < 4.78 is 17.9. The van der Waals surface area contributed by atoms with Gasteiger partial charge in [-0.05, 0) is 63.9 Å². The normalized spacial score (nSPS) is 18.9. The Morgan fingerprint density at radius 2 is 2.03 bits per heavy atom. The molecular formula is C23H24FN5O. The Hall–Kier alpha value is -3.06. The standard InChI is InChI=1S/C23H24FN5O/c1-14-11-28-12-16(8-19(24)21(28)27-14)15-4-5-18-20(9-15)25-13-29(22(18)30)17-6-7-26-23(2,3)10-17/h4-5,8-9,11-13,17,26H,6-7,10H2,1-3H3. The zero-order chi connectivity index (χ0) is 21.0. The third-order valence-corrected chi connectivity index (χ3v) is 5.96. The van der Waals surface area contributed by atoms with Gasteiger partial charge in [-0.2, -0.15) is 0 Å². The maximum atomic E-state index is 14.5. The molecule has 5 rings (SSSR count). The van der Waals surface area contributed by atoms with E-state index in [-0.39, 0.29) is 23.0 Å². The quantitative estimate of drug-likeness (QED) is 0.550. The van der Waals surface area contributed by atoms with Crippen LogP contribution in [0, 0.1) is 12.7 Å². The van der Waals surface area contributed by atoms with Crippen molar-refractivity contribution in [1.29, 1.82) is 0 Å². The number of nitrogens with one attached hydrogen (secondary N) is 1. The van der Waals surface area contributed by atoms with Crippen molar-refractivity contribution in [2.24, 2.45) is 0 Å². The summed E-state index contributed by atoms with van der Waals surface area (Å²) in [5.41, 5.74) is 3.17. The van der Waals surface area contributed by atoms with Gasteiger partial charge in [-0.3, -0.25) is 9.36 Å². The minimum atomic E-state index is -0.377. The molecule has 3 aromatic heterocycles. The summed E-state index contributed by atoms with van der Waals surface area (Å²) in [6.45, 7) is 7.02. The average Bonchev–Trinajstić information content (AvgIpc) is 3.08. The van der Waals surface area contributed by atoms with Crippen molar-refractivity contribution in [2.45, 2.75) is 45.2 Å². The van der Waals surface area contributed by atoms with E-state index in [1.165, 1.54) is 6.07 Å². The largest absolute Gasteiger partial charge is 0.312 e. The summed E-state index contributed by atoms with van der Waals surface area (Å²) >= 11 is 0. The van der Waals surface area contributed by atoms with Crippen LogP contribution in [0.25, 0.3) is 27.7 Å². The number of pyridine rings is 1. The first kappa shape index (κ1) is 18.9. The third kappa shape index (κ3) is 3.19. The van der Waals surface area contributed by atoms with Gasteiger partial charge in [0.25, 0.3) is 5.56 Å². The minimum absolute atomic E-state index is 0.00440. The molecule has 0 saturated carbocycles. The molecule has 1 unspecified atom stereocenters. The van der Waals surface area contributed by atoms with E-state index in [1.807, 2.05) is 25.3 Å². The Balaban J connectivity index is 1.57. The predicted molar refractivity (Wildman–Crippen MR) is 115 cm³/mol. The lowest BCUT2D eigenvalue weighted by atomic mass is 9.89. The first-order chi connectivity index (χ1) is 14.3. The number of nitrogens with zero attached hydrogens (tertiary/aromatic N) is 4. The molecule has 0 aliphatic carbocycles. The van der Waals surface area contributed by atoms with Crippen LogP contribution in [0.3, 0.4) is 0 Å². The molecule has 0 spiro atoms.